The second-order valence-corrected chi connectivity index (χ2v) is 6.27. The number of benzene rings is 2. The van der Waals surface area contributed by atoms with E-state index in [2.05, 4.69) is 12.2 Å². The molecule has 29 heavy (non-hydrogen) atoms. The van der Waals surface area contributed by atoms with Crippen molar-refractivity contribution in [3.63, 3.8) is 0 Å². The molecule has 158 valence electrons. The maximum atomic E-state index is 12.6. The number of nitrogens with one attached hydrogen (secondary N) is 1. The molecule has 2 aromatic carbocycles. The lowest BCUT2D eigenvalue weighted by atomic mass is 10.1. The largest absolute Gasteiger partial charge is 0.496 e. The number of hydrogen-bond acceptors (Lipinski definition) is 6. The third kappa shape index (κ3) is 5.70. The molecule has 0 saturated carbocycles. The normalized spacial score (nSPS) is 10.2. The molecule has 1 amide bonds. The number of methoxy groups -OCH3 is 4. The van der Waals surface area contributed by atoms with Gasteiger partial charge in [0.15, 0.2) is 23.0 Å². The maximum Gasteiger partial charge on any atom is 0.251 e. The Morgan fingerprint density at radius 2 is 1.45 bits per heavy atom. The van der Waals surface area contributed by atoms with E-state index in [0.717, 1.165) is 18.4 Å². The topological polar surface area (TPSA) is 75.3 Å². The van der Waals surface area contributed by atoms with Crippen LogP contribution in [0.2, 0.25) is 0 Å². The fourth-order valence-corrected chi connectivity index (χ4v) is 2.76. The molecular formula is C22H29NO6. The van der Waals surface area contributed by atoms with Crippen molar-refractivity contribution in [2.75, 3.05) is 35.0 Å². The molecule has 0 spiro atoms. The van der Waals surface area contributed by atoms with Crippen LogP contribution >= 0.6 is 0 Å². The Labute approximate surface area is 171 Å². The van der Waals surface area contributed by atoms with Crippen LogP contribution in [0.3, 0.4) is 0 Å². The van der Waals surface area contributed by atoms with Gasteiger partial charge in [0, 0.05) is 23.7 Å². The fraction of sp³-hybridized carbons (Fsp3) is 0.409. The van der Waals surface area contributed by atoms with Crippen LogP contribution in [0, 0.1) is 0 Å². The number of rotatable bonds is 11. The zero-order chi connectivity index (χ0) is 21.2. The van der Waals surface area contributed by atoms with Crippen molar-refractivity contribution in [1.29, 1.82) is 0 Å². The van der Waals surface area contributed by atoms with Gasteiger partial charge in [-0.15, -0.1) is 0 Å². The molecule has 0 heterocycles. The number of unbranched alkanes of at least 4 members (excludes halogenated alkanes) is 1. The van der Waals surface area contributed by atoms with E-state index >= 15 is 0 Å². The van der Waals surface area contributed by atoms with Crippen molar-refractivity contribution >= 4 is 5.91 Å². The molecule has 0 fully saturated rings. The Hall–Kier alpha value is -3.09. The summed E-state index contributed by atoms with van der Waals surface area (Å²) in [6.45, 7) is 2.97. The minimum Gasteiger partial charge on any atom is -0.496 e. The van der Waals surface area contributed by atoms with Crippen molar-refractivity contribution in [1.82, 2.24) is 5.32 Å². The lowest BCUT2D eigenvalue weighted by Gasteiger charge is -2.15. The average Bonchev–Trinajstić information content (AvgIpc) is 2.76. The summed E-state index contributed by atoms with van der Waals surface area (Å²) in [6, 6.07) is 8.64. The molecule has 0 atom stereocenters. The summed E-state index contributed by atoms with van der Waals surface area (Å²) in [4.78, 5) is 12.6. The molecule has 0 radical (unpaired) electrons. The van der Waals surface area contributed by atoms with Gasteiger partial charge in [0.2, 0.25) is 0 Å². The van der Waals surface area contributed by atoms with Gasteiger partial charge in [-0.1, -0.05) is 13.3 Å². The van der Waals surface area contributed by atoms with Crippen LogP contribution in [0.5, 0.6) is 28.7 Å². The summed E-state index contributed by atoms with van der Waals surface area (Å²) in [5.74, 6) is 2.63. The van der Waals surface area contributed by atoms with Gasteiger partial charge in [0.05, 0.1) is 35.0 Å². The van der Waals surface area contributed by atoms with E-state index in [1.807, 2.05) is 0 Å². The summed E-state index contributed by atoms with van der Waals surface area (Å²) >= 11 is 0. The summed E-state index contributed by atoms with van der Waals surface area (Å²) in [5.41, 5.74) is 1.24. The number of ether oxygens (including phenoxy) is 5. The summed E-state index contributed by atoms with van der Waals surface area (Å²) in [7, 11) is 6.23. The van der Waals surface area contributed by atoms with Gasteiger partial charge in [-0.25, -0.2) is 0 Å². The lowest BCUT2D eigenvalue weighted by Crippen LogP contribution is -2.23. The van der Waals surface area contributed by atoms with E-state index in [1.54, 1.807) is 58.8 Å². The third-order valence-corrected chi connectivity index (χ3v) is 4.41. The highest BCUT2D eigenvalue weighted by Crippen LogP contribution is 2.34. The van der Waals surface area contributed by atoms with Gasteiger partial charge >= 0.3 is 0 Å². The predicted molar refractivity (Wildman–Crippen MR) is 111 cm³/mol. The van der Waals surface area contributed by atoms with Crippen LogP contribution in [-0.4, -0.2) is 41.0 Å². The molecule has 0 aliphatic heterocycles. The monoisotopic (exact) mass is 403 g/mol. The highest BCUT2D eigenvalue weighted by Gasteiger charge is 2.15. The molecule has 1 N–H and O–H groups in total. The van der Waals surface area contributed by atoms with Gasteiger partial charge < -0.3 is 29.0 Å². The van der Waals surface area contributed by atoms with Crippen molar-refractivity contribution < 1.29 is 28.5 Å². The first-order chi connectivity index (χ1) is 14.1. The Morgan fingerprint density at radius 1 is 0.828 bits per heavy atom. The summed E-state index contributed by atoms with van der Waals surface area (Å²) in [6.07, 6.45) is 2.00. The number of hydrogen-bond donors (Lipinski definition) is 1. The average molecular weight is 403 g/mol. The van der Waals surface area contributed by atoms with Gasteiger partial charge in [0.25, 0.3) is 5.91 Å². The Bertz CT molecular complexity index is 821. The van der Waals surface area contributed by atoms with Gasteiger partial charge in [-0.05, 0) is 30.7 Å². The smallest absolute Gasteiger partial charge is 0.251 e. The number of amides is 1. The minimum absolute atomic E-state index is 0.236. The minimum atomic E-state index is -0.236. The first kappa shape index (κ1) is 22.2. The first-order valence-electron chi connectivity index (χ1n) is 9.45. The number of carbonyl (C=O) groups is 1. The summed E-state index contributed by atoms with van der Waals surface area (Å²) in [5, 5.41) is 2.89. The van der Waals surface area contributed by atoms with Crippen molar-refractivity contribution in [3.05, 3.63) is 41.5 Å². The molecule has 2 aromatic rings. The molecule has 7 heteroatoms. The third-order valence-electron chi connectivity index (χ3n) is 4.41. The molecule has 0 aromatic heterocycles. The standard InChI is InChI=1S/C22H29NO6/c1-6-7-10-29-17-9-8-15(11-19(17)26-3)22(24)23-14-16-12-20(27-4)21(28-5)13-18(16)25-2/h8-9,11-13H,6-7,10,14H2,1-5H3,(H,23,24). The van der Waals surface area contributed by atoms with Crippen LogP contribution in [0.15, 0.2) is 30.3 Å². The molecule has 0 bridgehead atoms. The Kier molecular flexibility index (Phi) is 8.45. The zero-order valence-electron chi connectivity index (χ0n) is 17.7. The summed E-state index contributed by atoms with van der Waals surface area (Å²) < 4.78 is 27.1. The van der Waals surface area contributed by atoms with Gasteiger partial charge in [-0.3, -0.25) is 4.79 Å². The van der Waals surface area contributed by atoms with Crippen LogP contribution in [0.1, 0.15) is 35.7 Å². The fourth-order valence-electron chi connectivity index (χ4n) is 2.76. The van der Waals surface area contributed by atoms with Crippen LogP contribution in [0.4, 0.5) is 0 Å². The van der Waals surface area contributed by atoms with Crippen molar-refractivity contribution in [2.45, 2.75) is 26.3 Å². The quantitative estimate of drug-likeness (QED) is 0.575. The van der Waals surface area contributed by atoms with Crippen LogP contribution in [0.25, 0.3) is 0 Å². The molecule has 2 rings (SSSR count). The van der Waals surface area contributed by atoms with Crippen LogP contribution in [-0.2, 0) is 6.54 Å². The van der Waals surface area contributed by atoms with Gasteiger partial charge in [-0.2, -0.15) is 0 Å². The van der Waals surface area contributed by atoms with E-state index in [9.17, 15) is 4.79 Å². The molecule has 0 aliphatic carbocycles. The number of carbonyl (C=O) groups excluding carboxylic acids is 1. The van der Waals surface area contributed by atoms with E-state index in [-0.39, 0.29) is 12.5 Å². The Morgan fingerprint density at radius 3 is 2.07 bits per heavy atom. The molecule has 7 nitrogen and oxygen atoms in total. The second kappa shape index (κ2) is 11.0. The predicted octanol–water partition coefficient (Wildman–Crippen LogP) is 3.83. The van der Waals surface area contributed by atoms with E-state index in [0.29, 0.717) is 40.9 Å². The van der Waals surface area contributed by atoms with E-state index in [4.69, 9.17) is 23.7 Å². The lowest BCUT2D eigenvalue weighted by molar-refractivity contribution is 0.0950. The highest BCUT2D eigenvalue weighted by molar-refractivity contribution is 5.94. The second-order valence-electron chi connectivity index (χ2n) is 6.27. The van der Waals surface area contributed by atoms with E-state index in [1.165, 1.54) is 0 Å². The van der Waals surface area contributed by atoms with Crippen molar-refractivity contribution in [3.8, 4) is 28.7 Å². The molecule has 0 aliphatic rings. The first-order valence-corrected chi connectivity index (χ1v) is 9.45. The molecule has 0 unspecified atom stereocenters. The molecule has 0 saturated heterocycles. The van der Waals surface area contributed by atoms with E-state index < -0.39 is 0 Å². The Balaban J connectivity index is 2.12. The zero-order valence-corrected chi connectivity index (χ0v) is 17.7. The SMILES string of the molecule is CCCCOc1ccc(C(=O)NCc2cc(OC)c(OC)cc2OC)cc1OC. The van der Waals surface area contributed by atoms with Gasteiger partial charge in [0.1, 0.15) is 5.75 Å². The van der Waals surface area contributed by atoms with Crippen molar-refractivity contribution in [2.24, 2.45) is 0 Å². The maximum absolute atomic E-state index is 12.6. The highest BCUT2D eigenvalue weighted by atomic mass is 16.5. The van der Waals surface area contributed by atoms with Crippen LogP contribution < -0.4 is 29.0 Å². The molecular weight excluding hydrogens is 374 g/mol.